The Kier molecular flexibility index (Phi) is 4.56. The Morgan fingerprint density at radius 3 is 2.87 bits per heavy atom. The number of benzene rings is 1. The van der Waals surface area contributed by atoms with Crippen molar-refractivity contribution < 1.29 is 17.9 Å². The van der Waals surface area contributed by atoms with E-state index in [4.69, 9.17) is 9.47 Å². The first-order valence-electron chi connectivity index (χ1n) is 7.21. The van der Waals surface area contributed by atoms with E-state index in [1.54, 1.807) is 31.5 Å². The number of aromatic nitrogens is 1. The van der Waals surface area contributed by atoms with Crippen LogP contribution in [0, 0.1) is 6.92 Å². The molecule has 0 amide bonds. The smallest absolute Gasteiger partial charge is 0.273 e. The fourth-order valence-corrected chi connectivity index (χ4v) is 4.71. The van der Waals surface area contributed by atoms with Crippen LogP contribution < -0.4 is 9.47 Å². The molecule has 1 atom stereocenters. The van der Waals surface area contributed by atoms with Crippen molar-refractivity contribution in [1.82, 2.24) is 9.29 Å². The van der Waals surface area contributed by atoms with Crippen LogP contribution in [0.1, 0.15) is 12.0 Å². The van der Waals surface area contributed by atoms with Crippen LogP contribution in [0.3, 0.4) is 0 Å². The zero-order valence-electron chi connectivity index (χ0n) is 12.9. The molecule has 0 saturated carbocycles. The second-order valence-corrected chi connectivity index (χ2v) is 8.12. The molecule has 1 unspecified atom stereocenters. The summed E-state index contributed by atoms with van der Waals surface area (Å²) in [5, 5.41) is 2.41. The zero-order valence-corrected chi connectivity index (χ0v) is 14.6. The molecule has 124 valence electrons. The summed E-state index contributed by atoms with van der Waals surface area (Å²) in [7, 11) is -1.95. The van der Waals surface area contributed by atoms with E-state index in [1.165, 1.54) is 15.6 Å². The zero-order chi connectivity index (χ0) is 16.4. The van der Waals surface area contributed by atoms with E-state index in [-0.39, 0.29) is 11.0 Å². The maximum atomic E-state index is 12.8. The van der Waals surface area contributed by atoms with Crippen molar-refractivity contribution in [2.75, 3.05) is 20.2 Å². The predicted octanol–water partition coefficient (Wildman–Crippen LogP) is 2.30. The van der Waals surface area contributed by atoms with Gasteiger partial charge in [0.15, 0.2) is 0 Å². The van der Waals surface area contributed by atoms with E-state index >= 15 is 0 Å². The molecule has 1 aliphatic heterocycles. The largest absolute Gasteiger partial charge is 0.496 e. The maximum Gasteiger partial charge on any atom is 0.273 e. The normalized spacial score (nSPS) is 19.0. The molecule has 0 aliphatic carbocycles. The first kappa shape index (κ1) is 16.2. The number of nitrogens with zero attached hydrogens (tertiary/aromatic N) is 2. The number of hydrogen-bond acceptors (Lipinski definition) is 6. The van der Waals surface area contributed by atoms with Crippen LogP contribution >= 0.6 is 11.3 Å². The quantitative estimate of drug-likeness (QED) is 0.824. The molecule has 1 aromatic carbocycles. The Hall–Kier alpha value is -1.64. The first-order valence-corrected chi connectivity index (χ1v) is 9.53. The van der Waals surface area contributed by atoms with Crippen LogP contribution in [0.5, 0.6) is 10.9 Å². The van der Waals surface area contributed by atoms with Gasteiger partial charge >= 0.3 is 0 Å². The molecule has 23 heavy (non-hydrogen) atoms. The Morgan fingerprint density at radius 2 is 2.22 bits per heavy atom. The average Bonchev–Trinajstić information content (AvgIpc) is 3.19. The standard InChI is InChI=1S/C15H18N2O4S2/c1-11-9-13(3-4-14(11)20-2)23(18,19)17-7-5-12(10-17)21-15-16-6-8-22-15/h3-4,6,8-9,12H,5,7,10H2,1-2H3. The summed E-state index contributed by atoms with van der Waals surface area (Å²) in [6.07, 6.45) is 2.17. The van der Waals surface area contributed by atoms with Crippen LogP contribution in [0.15, 0.2) is 34.7 Å². The summed E-state index contributed by atoms with van der Waals surface area (Å²) in [6.45, 7) is 2.62. The molecule has 6 nitrogen and oxygen atoms in total. The molecule has 2 heterocycles. The van der Waals surface area contributed by atoms with Crippen molar-refractivity contribution in [3.8, 4) is 10.9 Å². The van der Waals surface area contributed by atoms with Crippen LogP contribution in [0.4, 0.5) is 0 Å². The number of methoxy groups -OCH3 is 1. The van der Waals surface area contributed by atoms with Gasteiger partial charge in [-0.25, -0.2) is 13.4 Å². The van der Waals surface area contributed by atoms with Gasteiger partial charge in [0.2, 0.25) is 10.0 Å². The van der Waals surface area contributed by atoms with Gasteiger partial charge in [0.25, 0.3) is 5.19 Å². The van der Waals surface area contributed by atoms with Crippen LogP contribution in [0.25, 0.3) is 0 Å². The highest BCUT2D eigenvalue weighted by molar-refractivity contribution is 7.89. The van der Waals surface area contributed by atoms with Gasteiger partial charge in [-0.1, -0.05) is 11.3 Å². The highest BCUT2D eigenvalue weighted by atomic mass is 32.2. The van der Waals surface area contributed by atoms with Crippen molar-refractivity contribution in [1.29, 1.82) is 0 Å². The molecule has 1 aliphatic rings. The molecule has 8 heteroatoms. The molecular formula is C15H18N2O4S2. The molecule has 1 fully saturated rings. The van der Waals surface area contributed by atoms with Gasteiger partial charge in [-0.05, 0) is 37.1 Å². The SMILES string of the molecule is COc1ccc(S(=O)(=O)N2CCC(Oc3nccs3)C2)cc1C. The third kappa shape index (κ3) is 3.34. The summed E-state index contributed by atoms with van der Waals surface area (Å²) >= 11 is 1.41. The monoisotopic (exact) mass is 354 g/mol. The molecule has 2 aromatic rings. The summed E-state index contributed by atoms with van der Waals surface area (Å²) in [5.74, 6) is 0.676. The van der Waals surface area contributed by atoms with Crippen molar-refractivity contribution >= 4 is 21.4 Å². The lowest BCUT2D eigenvalue weighted by Gasteiger charge is -2.17. The van der Waals surface area contributed by atoms with Crippen molar-refractivity contribution in [3.63, 3.8) is 0 Å². The van der Waals surface area contributed by atoms with E-state index in [2.05, 4.69) is 4.98 Å². The number of thiazole rings is 1. The number of rotatable bonds is 5. The van der Waals surface area contributed by atoms with Crippen molar-refractivity contribution in [3.05, 3.63) is 35.3 Å². The summed E-state index contributed by atoms with van der Waals surface area (Å²) in [5.41, 5.74) is 0.795. The minimum Gasteiger partial charge on any atom is -0.496 e. The molecule has 3 rings (SSSR count). The van der Waals surface area contributed by atoms with Gasteiger partial charge in [-0.15, -0.1) is 0 Å². The van der Waals surface area contributed by atoms with E-state index < -0.39 is 10.0 Å². The average molecular weight is 354 g/mol. The van der Waals surface area contributed by atoms with E-state index in [9.17, 15) is 8.42 Å². The number of ether oxygens (including phenoxy) is 2. The Balaban J connectivity index is 1.74. The number of hydrogen-bond donors (Lipinski definition) is 0. The highest BCUT2D eigenvalue weighted by Crippen LogP contribution is 2.27. The highest BCUT2D eigenvalue weighted by Gasteiger charge is 2.34. The van der Waals surface area contributed by atoms with Crippen LogP contribution in [-0.4, -0.2) is 44.0 Å². The van der Waals surface area contributed by atoms with E-state index in [0.29, 0.717) is 30.5 Å². The predicted molar refractivity (Wildman–Crippen MR) is 87.6 cm³/mol. The first-order chi connectivity index (χ1) is 11.0. The van der Waals surface area contributed by atoms with Crippen LogP contribution in [-0.2, 0) is 10.0 Å². The van der Waals surface area contributed by atoms with Gasteiger partial charge in [0, 0.05) is 18.1 Å². The van der Waals surface area contributed by atoms with E-state index in [0.717, 1.165) is 5.56 Å². The Bertz CT molecular complexity index is 775. The summed E-state index contributed by atoms with van der Waals surface area (Å²) in [4.78, 5) is 4.35. The number of aryl methyl sites for hydroxylation is 1. The molecule has 1 saturated heterocycles. The Labute approximate surface area is 139 Å². The van der Waals surface area contributed by atoms with Gasteiger partial charge in [-0.3, -0.25) is 0 Å². The summed E-state index contributed by atoms with van der Waals surface area (Å²) < 4.78 is 37.9. The minimum absolute atomic E-state index is 0.157. The van der Waals surface area contributed by atoms with Gasteiger partial charge in [-0.2, -0.15) is 4.31 Å². The van der Waals surface area contributed by atoms with Gasteiger partial charge in [0.1, 0.15) is 11.9 Å². The lowest BCUT2D eigenvalue weighted by atomic mass is 10.2. The number of sulfonamides is 1. The van der Waals surface area contributed by atoms with Crippen molar-refractivity contribution in [2.45, 2.75) is 24.3 Å². The second-order valence-electron chi connectivity index (χ2n) is 5.32. The van der Waals surface area contributed by atoms with Crippen molar-refractivity contribution in [2.24, 2.45) is 0 Å². The van der Waals surface area contributed by atoms with Gasteiger partial charge < -0.3 is 9.47 Å². The third-order valence-electron chi connectivity index (χ3n) is 3.79. The van der Waals surface area contributed by atoms with E-state index in [1.807, 2.05) is 12.3 Å². The molecular weight excluding hydrogens is 336 g/mol. The fraction of sp³-hybridized carbons (Fsp3) is 0.400. The third-order valence-corrected chi connectivity index (χ3v) is 6.31. The van der Waals surface area contributed by atoms with Gasteiger partial charge in [0.05, 0.1) is 18.6 Å². The molecule has 0 bridgehead atoms. The molecule has 0 spiro atoms. The summed E-state index contributed by atoms with van der Waals surface area (Å²) in [6, 6.07) is 4.90. The topological polar surface area (TPSA) is 68.7 Å². The second kappa shape index (κ2) is 6.46. The fourth-order valence-electron chi connectivity index (χ4n) is 2.58. The lowest BCUT2D eigenvalue weighted by Crippen LogP contribution is -2.31. The minimum atomic E-state index is -3.52. The molecule has 0 N–H and O–H groups in total. The maximum absolute atomic E-state index is 12.8. The molecule has 0 radical (unpaired) electrons. The Morgan fingerprint density at radius 1 is 1.39 bits per heavy atom. The van der Waals surface area contributed by atoms with Crippen LogP contribution in [0.2, 0.25) is 0 Å². The lowest BCUT2D eigenvalue weighted by molar-refractivity contribution is 0.214. The molecule has 1 aromatic heterocycles.